The maximum Gasteiger partial charge on any atom is 0.230 e. The smallest absolute Gasteiger partial charge is 0.230 e. The van der Waals surface area contributed by atoms with Crippen LogP contribution in [0, 0.1) is 6.92 Å². The minimum atomic E-state index is -0.0764. The van der Waals surface area contributed by atoms with Crippen LogP contribution in [0.2, 0.25) is 0 Å². The summed E-state index contributed by atoms with van der Waals surface area (Å²) in [6.45, 7) is 2.36. The Hall–Kier alpha value is -2.26. The zero-order valence-electron chi connectivity index (χ0n) is 12.4. The molecule has 0 saturated carbocycles. The minimum Gasteiger partial charge on any atom is -0.469 e. The Bertz CT molecular complexity index is 794. The lowest BCUT2D eigenvalue weighted by Crippen LogP contribution is -2.24. The van der Waals surface area contributed by atoms with E-state index in [1.165, 1.54) is 16.4 Å². The summed E-state index contributed by atoms with van der Waals surface area (Å²) in [7, 11) is 0. The van der Waals surface area contributed by atoms with Crippen molar-refractivity contribution in [3.05, 3.63) is 40.5 Å². The van der Waals surface area contributed by atoms with Gasteiger partial charge in [0.2, 0.25) is 11.1 Å². The summed E-state index contributed by atoms with van der Waals surface area (Å²) in [4.78, 5) is 13.0. The van der Waals surface area contributed by atoms with Crippen molar-refractivity contribution in [2.75, 3.05) is 11.6 Å². The van der Waals surface area contributed by atoms with E-state index in [-0.39, 0.29) is 11.7 Å². The molecule has 3 heterocycles. The molecule has 9 heteroatoms. The zero-order chi connectivity index (χ0) is 16.2. The predicted octanol–water partition coefficient (Wildman–Crippen LogP) is 2.03. The van der Waals surface area contributed by atoms with Gasteiger partial charge >= 0.3 is 0 Å². The van der Waals surface area contributed by atoms with E-state index < -0.39 is 0 Å². The Kier molecular flexibility index (Phi) is 4.68. The quantitative estimate of drug-likeness (QED) is 0.522. The van der Waals surface area contributed by atoms with Crippen molar-refractivity contribution < 1.29 is 9.21 Å². The summed E-state index contributed by atoms with van der Waals surface area (Å²) < 4.78 is 6.61. The maximum absolute atomic E-state index is 11.9. The monoisotopic (exact) mass is 349 g/mol. The molecule has 0 saturated heterocycles. The molecule has 23 heavy (non-hydrogen) atoms. The molecule has 0 spiro atoms. The van der Waals surface area contributed by atoms with Crippen LogP contribution < -0.4 is 11.2 Å². The van der Waals surface area contributed by atoms with Crippen molar-refractivity contribution in [1.29, 1.82) is 0 Å². The second kappa shape index (κ2) is 6.88. The Morgan fingerprint density at radius 2 is 2.35 bits per heavy atom. The first-order valence-corrected chi connectivity index (χ1v) is 8.68. The summed E-state index contributed by atoms with van der Waals surface area (Å²) in [6.07, 6.45) is 1.57. The molecule has 1 amide bonds. The average Bonchev–Trinajstić information content (AvgIpc) is 3.25. The SMILES string of the molecule is Cc1occc1-c1nnc(SCC(=O)NCc2cccs2)n1N. The fourth-order valence-corrected chi connectivity index (χ4v) is 3.29. The van der Waals surface area contributed by atoms with E-state index in [9.17, 15) is 4.79 Å². The van der Waals surface area contributed by atoms with Crippen LogP contribution in [-0.2, 0) is 11.3 Å². The normalized spacial score (nSPS) is 10.8. The van der Waals surface area contributed by atoms with E-state index >= 15 is 0 Å². The van der Waals surface area contributed by atoms with E-state index in [0.717, 1.165) is 10.4 Å². The van der Waals surface area contributed by atoms with Gasteiger partial charge < -0.3 is 15.6 Å². The molecule has 0 aliphatic rings. The summed E-state index contributed by atoms with van der Waals surface area (Å²) in [5.41, 5.74) is 0.786. The summed E-state index contributed by atoms with van der Waals surface area (Å²) in [5.74, 6) is 7.38. The molecule has 120 valence electrons. The van der Waals surface area contributed by atoms with Crippen molar-refractivity contribution in [2.24, 2.45) is 0 Å². The number of aryl methyl sites for hydroxylation is 1. The van der Waals surface area contributed by atoms with Crippen LogP contribution in [0.1, 0.15) is 10.6 Å². The number of hydrogen-bond donors (Lipinski definition) is 2. The van der Waals surface area contributed by atoms with Gasteiger partial charge in [0.05, 0.1) is 24.1 Å². The molecule has 3 aromatic rings. The third kappa shape index (κ3) is 3.57. The topological polar surface area (TPSA) is 99.0 Å². The number of thiophene rings is 1. The Balaban J connectivity index is 1.57. The first-order chi connectivity index (χ1) is 11.1. The largest absolute Gasteiger partial charge is 0.469 e. The van der Waals surface area contributed by atoms with Gasteiger partial charge in [-0.3, -0.25) is 4.79 Å². The second-order valence-corrected chi connectivity index (χ2v) is 6.69. The van der Waals surface area contributed by atoms with E-state index in [1.54, 1.807) is 23.7 Å². The van der Waals surface area contributed by atoms with Gasteiger partial charge in [-0.25, -0.2) is 4.68 Å². The minimum absolute atomic E-state index is 0.0764. The summed E-state index contributed by atoms with van der Waals surface area (Å²) in [5, 5.41) is 13.4. The Labute approximate surface area is 140 Å². The number of nitrogens with two attached hydrogens (primary N) is 1. The highest BCUT2D eigenvalue weighted by Gasteiger charge is 2.16. The lowest BCUT2D eigenvalue weighted by molar-refractivity contribution is -0.118. The molecule has 0 atom stereocenters. The molecule has 3 N–H and O–H groups in total. The second-order valence-electron chi connectivity index (χ2n) is 4.71. The van der Waals surface area contributed by atoms with Gasteiger partial charge in [-0.2, -0.15) is 0 Å². The van der Waals surface area contributed by atoms with Gasteiger partial charge in [-0.1, -0.05) is 17.8 Å². The Morgan fingerprint density at radius 1 is 1.48 bits per heavy atom. The van der Waals surface area contributed by atoms with Gasteiger partial charge in [-0.15, -0.1) is 21.5 Å². The highest BCUT2D eigenvalue weighted by Crippen LogP contribution is 2.24. The number of carbonyl (C=O) groups is 1. The standard InChI is InChI=1S/C14H15N5O2S2/c1-9-11(4-5-21-9)13-17-18-14(19(13)15)23-8-12(20)16-7-10-3-2-6-22-10/h2-6H,7-8,15H2,1H3,(H,16,20). The van der Waals surface area contributed by atoms with Gasteiger partial charge in [-0.05, 0) is 24.4 Å². The molecule has 0 aromatic carbocycles. The van der Waals surface area contributed by atoms with Crippen LogP contribution in [0.25, 0.3) is 11.4 Å². The van der Waals surface area contributed by atoms with Crippen molar-refractivity contribution in [3.63, 3.8) is 0 Å². The molecule has 0 aliphatic carbocycles. The first-order valence-electron chi connectivity index (χ1n) is 6.82. The number of furan rings is 1. The number of nitrogen functional groups attached to an aromatic ring is 1. The van der Waals surface area contributed by atoms with Crippen molar-refractivity contribution in [3.8, 4) is 11.4 Å². The van der Waals surface area contributed by atoms with Gasteiger partial charge in [0, 0.05) is 4.88 Å². The molecule has 0 aliphatic heterocycles. The lowest BCUT2D eigenvalue weighted by Gasteiger charge is -2.04. The lowest BCUT2D eigenvalue weighted by atomic mass is 10.2. The van der Waals surface area contributed by atoms with Gasteiger partial charge in [0.15, 0.2) is 5.82 Å². The number of hydrogen-bond acceptors (Lipinski definition) is 7. The fourth-order valence-electron chi connectivity index (χ4n) is 1.96. The molecule has 7 nitrogen and oxygen atoms in total. The Morgan fingerprint density at radius 3 is 3.04 bits per heavy atom. The maximum atomic E-state index is 11.9. The number of rotatable bonds is 6. The summed E-state index contributed by atoms with van der Waals surface area (Å²) in [6, 6.07) is 5.72. The molecule has 0 radical (unpaired) electrons. The molecule has 3 rings (SSSR count). The number of nitrogens with zero attached hydrogens (tertiary/aromatic N) is 3. The highest BCUT2D eigenvalue weighted by molar-refractivity contribution is 7.99. The molecule has 3 aromatic heterocycles. The fraction of sp³-hybridized carbons (Fsp3) is 0.214. The van der Waals surface area contributed by atoms with Gasteiger partial charge in [0.25, 0.3) is 0 Å². The number of carbonyl (C=O) groups excluding carboxylic acids is 1. The average molecular weight is 349 g/mol. The van der Waals surface area contributed by atoms with Crippen molar-refractivity contribution in [2.45, 2.75) is 18.6 Å². The van der Waals surface area contributed by atoms with E-state index in [1.807, 2.05) is 24.4 Å². The van der Waals surface area contributed by atoms with Crippen LogP contribution in [0.3, 0.4) is 0 Å². The first kappa shape index (κ1) is 15.6. The number of amides is 1. The summed E-state index contributed by atoms with van der Waals surface area (Å²) >= 11 is 2.85. The number of nitrogens with one attached hydrogen (secondary N) is 1. The molecular weight excluding hydrogens is 334 g/mol. The van der Waals surface area contributed by atoms with Crippen LogP contribution in [0.5, 0.6) is 0 Å². The van der Waals surface area contributed by atoms with E-state index in [0.29, 0.717) is 23.3 Å². The van der Waals surface area contributed by atoms with Crippen LogP contribution in [-0.4, -0.2) is 26.5 Å². The van der Waals surface area contributed by atoms with E-state index in [2.05, 4.69) is 15.5 Å². The molecular formula is C14H15N5O2S2. The number of thioether (sulfide) groups is 1. The molecule has 0 fully saturated rings. The zero-order valence-corrected chi connectivity index (χ0v) is 14.0. The van der Waals surface area contributed by atoms with Crippen LogP contribution in [0.4, 0.5) is 0 Å². The predicted molar refractivity (Wildman–Crippen MR) is 89.5 cm³/mol. The van der Waals surface area contributed by atoms with Crippen LogP contribution >= 0.6 is 23.1 Å². The molecule has 0 unspecified atom stereocenters. The van der Waals surface area contributed by atoms with E-state index in [4.69, 9.17) is 10.3 Å². The van der Waals surface area contributed by atoms with Gasteiger partial charge in [0.1, 0.15) is 5.76 Å². The van der Waals surface area contributed by atoms with Crippen molar-refractivity contribution >= 4 is 29.0 Å². The highest BCUT2D eigenvalue weighted by atomic mass is 32.2. The van der Waals surface area contributed by atoms with Crippen LogP contribution in [0.15, 0.2) is 39.4 Å². The molecule has 0 bridgehead atoms. The number of aromatic nitrogens is 3. The van der Waals surface area contributed by atoms with Crippen molar-refractivity contribution in [1.82, 2.24) is 20.2 Å². The third-order valence-electron chi connectivity index (χ3n) is 3.14. The third-order valence-corrected chi connectivity index (χ3v) is 4.96.